The number of rotatable bonds is 2. The van der Waals surface area contributed by atoms with Crippen LogP contribution >= 0.6 is 27.3 Å². The van der Waals surface area contributed by atoms with Crippen molar-refractivity contribution in [3.05, 3.63) is 38.8 Å². The zero-order valence-electron chi connectivity index (χ0n) is 9.32. The number of thiazole rings is 1. The number of hydrogen-bond acceptors (Lipinski definition) is 3. The van der Waals surface area contributed by atoms with E-state index in [2.05, 4.69) is 20.9 Å². The van der Waals surface area contributed by atoms with E-state index in [0.717, 1.165) is 20.6 Å². The molecule has 88 valence electrons. The Morgan fingerprint density at radius 2 is 2.12 bits per heavy atom. The Kier molecular flexibility index (Phi) is 3.31. The average Bonchev–Trinajstić information content (AvgIpc) is 2.60. The monoisotopic (exact) mass is 311 g/mol. The molecular weight excluding hydrogens is 302 g/mol. The highest BCUT2D eigenvalue weighted by molar-refractivity contribution is 9.10. The van der Waals surface area contributed by atoms with Gasteiger partial charge in [-0.05, 0) is 25.5 Å². The van der Waals surface area contributed by atoms with Crippen LogP contribution in [0.4, 0.5) is 0 Å². The molecule has 0 aliphatic carbocycles. The maximum atomic E-state index is 11.0. The Labute approximate surface area is 111 Å². The van der Waals surface area contributed by atoms with Crippen LogP contribution in [-0.2, 0) is 0 Å². The average molecular weight is 312 g/mol. The Morgan fingerprint density at radius 3 is 2.65 bits per heavy atom. The second-order valence-corrected chi connectivity index (χ2v) is 5.58. The minimum Gasteiger partial charge on any atom is -0.477 e. The van der Waals surface area contributed by atoms with Gasteiger partial charge in [0.1, 0.15) is 9.88 Å². The highest BCUT2D eigenvalue weighted by Crippen LogP contribution is 2.33. The van der Waals surface area contributed by atoms with Crippen molar-refractivity contribution in [3.63, 3.8) is 0 Å². The normalized spacial score (nSPS) is 10.5. The van der Waals surface area contributed by atoms with Crippen LogP contribution in [0.1, 0.15) is 20.9 Å². The molecule has 0 aliphatic rings. The molecule has 1 aromatic heterocycles. The van der Waals surface area contributed by atoms with Gasteiger partial charge in [0.15, 0.2) is 0 Å². The van der Waals surface area contributed by atoms with Gasteiger partial charge in [0.2, 0.25) is 0 Å². The summed E-state index contributed by atoms with van der Waals surface area (Å²) in [5.41, 5.74) is 2.63. The third kappa shape index (κ3) is 2.40. The Balaban J connectivity index is 2.53. The number of hydrogen-bond donors (Lipinski definition) is 1. The van der Waals surface area contributed by atoms with Crippen molar-refractivity contribution in [2.24, 2.45) is 0 Å². The van der Waals surface area contributed by atoms with Gasteiger partial charge in [0.25, 0.3) is 0 Å². The molecule has 2 rings (SSSR count). The Morgan fingerprint density at radius 1 is 1.41 bits per heavy atom. The molecule has 0 saturated carbocycles. The number of aromatic carboxylic acids is 1. The van der Waals surface area contributed by atoms with E-state index in [0.29, 0.717) is 10.6 Å². The fraction of sp³-hybridized carbons (Fsp3) is 0.167. The molecule has 1 aromatic carbocycles. The molecule has 3 nitrogen and oxygen atoms in total. The number of halogens is 1. The molecule has 0 spiro atoms. The first-order valence-corrected chi connectivity index (χ1v) is 6.57. The lowest BCUT2D eigenvalue weighted by Gasteiger charge is -2.01. The quantitative estimate of drug-likeness (QED) is 0.915. The molecule has 0 amide bonds. The summed E-state index contributed by atoms with van der Waals surface area (Å²) in [5, 5.41) is 9.73. The minimum absolute atomic E-state index is 0.299. The van der Waals surface area contributed by atoms with Crippen molar-refractivity contribution in [3.8, 4) is 10.6 Å². The molecule has 0 atom stereocenters. The summed E-state index contributed by atoms with van der Waals surface area (Å²) in [6.45, 7) is 3.72. The lowest BCUT2D eigenvalue weighted by atomic mass is 10.2. The maximum absolute atomic E-state index is 11.0. The molecule has 0 radical (unpaired) electrons. The number of carboxylic acid groups (broad SMARTS) is 1. The first kappa shape index (κ1) is 12.3. The predicted molar refractivity (Wildman–Crippen MR) is 71.7 cm³/mol. The van der Waals surface area contributed by atoms with Gasteiger partial charge in [-0.3, -0.25) is 0 Å². The second kappa shape index (κ2) is 4.58. The van der Waals surface area contributed by atoms with Gasteiger partial charge in [-0.1, -0.05) is 28.1 Å². The van der Waals surface area contributed by atoms with E-state index < -0.39 is 5.97 Å². The smallest absolute Gasteiger partial charge is 0.347 e. The van der Waals surface area contributed by atoms with Crippen LogP contribution in [0.5, 0.6) is 0 Å². The van der Waals surface area contributed by atoms with Crippen molar-refractivity contribution in [2.75, 3.05) is 0 Å². The fourth-order valence-electron chi connectivity index (χ4n) is 1.50. The summed E-state index contributed by atoms with van der Waals surface area (Å²) >= 11 is 4.67. The van der Waals surface area contributed by atoms with Crippen molar-refractivity contribution < 1.29 is 9.90 Å². The number of carboxylic acids is 1. The van der Waals surface area contributed by atoms with Crippen LogP contribution in [0, 0.1) is 13.8 Å². The van der Waals surface area contributed by atoms with E-state index in [1.807, 2.05) is 25.1 Å². The first-order chi connectivity index (χ1) is 7.99. The molecule has 0 fully saturated rings. The molecule has 1 N–H and O–H groups in total. The van der Waals surface area contributed by atoms with Crippen LogP contribution in [0.25, 0.3) is 10.6 Å². The number of nitrogens with zero attached hydrogens (tertiary/aromatic N) is 1. The molecule has 1 heterocycles. The fourth-order valence-corrected chi connectivity index (χ4v) is 3.26. The molecular formula is C12H10BrNO2S. The van der Waals surface area contributed by atoms with Gasteiger partial charge < -0.3 is 5.11 Å². The van der Waals surface area contributed by atoms with Gasteiger partial charge in [-0.15, -0.1) is 11.3 Å². The molecule has 2 aromatic rings. The summed E-state index contributed by atoms with van der Waals surface area (Å²) in [7, 11) is 0. The summed E-state index contributed by atoms with van der Waals surface area (Å²) in [6, 6.07) is 5.92. The summed E-state index contributed by atoms with van der Waals surface area (Å²) < 4.78 is 0.934. The molecule has 0 bridgehead atoms. The predicted octanol–water partition coefficient (Wildman–Crippen LogP) is 3.89. The largest absolute Gasteiger partial charge is 0.477 e. The van der Waals surface area contributed by atoms with E-state index in [1.54, 1.807) is 6.92 Å². The topological polar surface area (TPSA) is 50.2 Å². The van der Waals surface area contributed by atoms with Gasteiger partial charge in [-0.25, -0.2) is 9.78 Å². The number of carbonyl (C=O) groups is 1. The number of aromatic nitrogens is 1. The van der Waals surface area contributed by atoms with Gasteiger partial charge in [0.05, 0.1) is 5.69 Å². The SMILES string of the molecule is Cc1ccc(-c2nc(C)c(C(=O)O)s2)c(Br)c1. The van der Waals surface area contributed by atoms with E-state index in [4.69, 9.17) is 5.11 Å². The number of aryl methyl sites for hydroxylation is 2. The van der Waals surface area contributed by atoms with Crippen LogP contribution in [-0.4, -0.2) is 16.1 Å². The highest BCUT2D eigenvalue weighted by Gasteiger charge is 2.16. The van der Waals surface area contributed by atoms with Crippen molar-refractivity contribution in [2.45, 2.75) is 13.8 Å². The number of benzene rings is 1. The lowest BCUT2D eigenvalue weighted by molar-refractivity contribution is 0.0701. The minimum atomic E-state index is -0.922. The van der Waals surface area contributed by atoms with Crippen molar-refractivity contribution >= 4 is 33.2 Å². The van der Waals surface area contributed by atoms with Gasteiger partial charge >= 0.3 is 5.97 Å². The third-order valence-electron chi connectivity index (χ3n) is 2.35. The second-order valence-electron chi connectivity index (χ2n) is 3.72. The van der Waals surface area contributed by atoms with E-state index in [9.17, 15) is 4.79 Å². The van der Waals surface area contributed by atoms with E-state index in [-0.39, 0.29) is 0 Å². The van der Waals surface area contributed by atoms with Crippen LogP contribution in [0.3, 0.4) is 0 Å². The molecule has 5 heteroatoms. The van der Waals surface area contributed by atoms with Crippen LogP contribution < -0.4 is 0 Å². The van der Waals surface area contributed by atoms with Crippen LogP contribution in [0.15, 0.2) is 22.7 Å². The maximum Gasteiger partial charge on any atom is 0.347 e. The van der Waals surface area contributed by atoms with E-state index >= 15 is 0 Å². The van der Waals surface area contributed by atoms with Gasteiger partial charge in [0, 0.05) is 10.0 Å². The summed E-state index contributed by atoms with van der Waals surface area (Å²) in [5.74, 6) is -0.922. The zero-order valence-corrected chi connectivity index (χ0v) is 11.7. The standard InChI is InChI=1S/C12H10BrNO2S/c1-6-3-4-8(9(13)5-6)11-14-7(2)10(17-11)12(15)16/h3-5H,1-2H3,(H,15,16). The molecule has 0 unspecified atom stereocenters. The molecule has 0 aliphatic heterocycles. The van der Waals surface area contributed by atoms with Crippen molar-refractivity contribution in [1.82, 2.24) is 4.98 Å². The Bertz CT molecular complexity index is 592. The highest BCUT2D eigenvalue weighted by atomic mass is 79.9. The Hall–Kier alpha value is -1.20. The van der Waals surface area contributed by atoms with Crippen molar-refractivity contribution in [1.29, 1.82) is 0 Å². The zero-order chi connectivity index (χ0) is 12.6. The van der Waals surface area contributed by atoms with Gasteiger partial charge in [-0.2, -0.15) is 0 Å². The first-order valence-electron chi connectivity index (χ1n) is 4.96. The van der Waals surface area contributed by atoms with E-state index in [1.165, 1.54) is 11.3 Å². The summed E-state index contributed by atoms with van der Waals surface area (Å²) in [6.07, 6.45) is 0. The summed E-state index contributed by atoms with van der Waals surface area (Å²) in [4.78, 5) is 15.6. The third-order valence-corrected chi connectivity index (χ3v) is 4.18. The molecule has 17 heavy (non-hydrogen) atoms. The lowest BCUT2D eigenvalue weighted by Crippen LogP contribution is -1.94. The molecule has 0 saturated heterocycles. The van der Waals surface area contributed by atoms with Crippen LogP contribution in [0.2, 0.25) is 0 Å².